The van der Waals surface area contributed by atoms with Gasteiger partial charge in [0.25, 0.3) is 0 Å². The first-order chi connectivity index (χ1) is 17.7. The molecule has 0 unspecified atom stereocenters. The van der Waals surface area contributed by atoms with Crippen LogP contribution in [0.15, 0.2) is 127 Å². The molecule has 1 heterocycles. The third-order valence-electron chi connectivity index (χ3n) is 6.93. The fourth-order valence-corrected chi connectivity index (χ4v) is 6.12. The van der Waals surface area contributed by atoms with Crippen molar-refractivity contribution in [2.24, 2.45) is 0 Å². The van der Waals surface area contributed by atoms with Crippen LogP contribution in [0.2, 0.25) is 0 Å². The number of hydrogen-bond acceptors (Lipinski definition) is 1. The molecule has 0 saturated carbocycles. The van der Waals surface area contributed by atoms with E-state index in [1.807, 2.05) is 17.4 Å². The molecule has 0 atom stereocenters. The number of halogens is 1. The van der Waals surface area contributed by atoms with Crippen LogP contribution in [-0.4, -0.2) is 0 Å². The molecule has 0 spiro atoms. The van der Waals surface area contributed by atoms with Gasteiger partial charge in [-0.1, -0.05) is 84.9 Å². The Kier molecular flexibility index (Phi) is 4.93. The first-order valence-corrected chi connectivity index (χ1v) is 12.8. The van der Waals surface area contributed by atoms with Crippen LogP contribution in [0.25, 0.3) is 64.3 Å². The lowest BCUT2D eigenvalue weighted by Gasteiger charge is -2.09. The summed E-state index contributed by atoms with van der Waals surface area (Å²) in [4.78, 5) is 0. The minimum Gasteiger partial charge on any atom is -0.207 e. The zero-order chi connectivity index (χ0) is 24.1. The Balaban J connectivity index is 1.22. The van der Waals surface area contributed by atoms with Crippen molar-refractivity contribution in [1.82, 2.24) is 0 Å². The van der Waals surface area contributed by atoms with Crippen LogP contribution in [0.5, 0.6) is 0 Å². The molecule has 1 aromatic heterocycles. The quantitative estimate of drug-likeness (QED) is 0.236. The smallest absolute Gasteiger partial charge is 0.123 e. The van der Waals surface area contributed by atoms with E-state index in [1.165, 1.54) is 53.7 Å². The van der Waals surface area contributed by atoms with Crippen molar-refractivity contribution in [3.8, 4) is 33.4 Å². The van der Waals surface area contributed by atoms with E-state index in [4.69, 9.17) is 0 Å². The highest BCUT2D eigenvalue weighted by molar-refractivity contribution is 7.25. The van der Waals surface area contributed by atoms with Crippen LogP contribution < -0.4 is 0 Å². The van der Waals surface area contributed by atoms with Gasteiger partial charge in [-0.2, -0.15) is 0 Å². The van der Waals surface area contributed by atoms with E-state index in [1.54, 1.807) is 12.1 Å². The van der Waals surface area contributed by atoms with E-state index >= 15 is 0 Å². The Morgan fingerprint density at radius 3 is 1.67 bits per heavy atom. The molecule has 6 aromatic carbocycles. The number of fused-ring (bicyclic) bond motifs is 4. The molecule has 0 amide bonds. The Morgan fingerprint density at radius 2 is 0.944 bits per heavy atom. The van der Waals surface area contributed by atoms with Gasteiger partial charge in [-0.05, 0) is 86.6 Å². The Bertz CT molecular complexity index is 1890. The fraction of sp³-hybridized carbons (Fsp3) is 0. The average molecular weight is 481 g/mol. The third kappa shape index (κ3) is 3.67. The van der Waals surface area contributed by atoms with Crippen molar-refractivity contribution in [2.45, 2.75) is 0 Å². The van der Waals surface area contributed by atoms with E-state index in [0.717, 1.165) is 16.7 Å². The third-order valence-corrected chi connectivity index (χ3v) is 8.08. The second-order valence-corrected chi connectivity index (χ2v) is 10.3. The van der Waals surface area contributed by atoms with E-state index in [-0.39, 0.29) is 5.82 Å². The Labute approximate surface area is 212 Å². The van der Waals surface area contributed by atoms with Crippen molar-refractivity contribution in [3.05, 3.63) is 133 Å². The van der Waals surface area contributed by atoms with Crippen LogP contribution >= 0.6 is 11.3 Å². The van der Waals surface area contributed by atoms with Crippen LogP contribution in [0.3, 0.4) is 0 Å². The van der Waals surface area contributed by atoms with Gasteiger partial charge in [0.1, 0.15) is 5.82 Å². The van der Waals surface area contributed by atoms with Crippen LogP contribution in [0, 0.1) is 5.82 Å². The molecule has 0 aliphatic carbocycles. The number of thiophene rings is 1. The molecule has 7 rings (SSSR count). The summed E-state index contributed by atoms with van der Waals surface area (Å²) >= 11 is 1.85. The van der Waals surface area contributed by atoms with Crippen molar-refractivity contribution in [2.75, 3.05) is 0 Å². The lowest BCUT2D eigenvalue weighted by molar-refractivity contribution is 0.628. The van der Waals surface area contributed by atoms with Crippen molar-refractivity contribution < 1.29 is 4.39 Å². The summed E-state index contributed by atoms with van der Waals surface area (Å²) < 4.78 is 16.3. The molecule has 7 aromatic rings. The molecule has 36 heavy (non-hydrogen) atoms. The van der Waals surface area contributed by atoms with Crippen LogP contribution in [0.4, 0.5) is 4.39 Å². The second kappa shape index (κ2) is 8.44. The van der Waals surface area contributed by atoms with Crippen molar-refractivity contribution in [3.63, 3.8) is 0 Å². The number of benzene rings is 6. The standard InChI is InChI=1S/C34H21FS/c35-30-5-3-4-24(20-30)22-8-10-23(11-9-22)25-12-13-27-19-28(15-14-26(27)18-25)29-16-17-34-32(21-29)31-6-1-2-7-33(31)36-34/h1-21H. The highest BCUT2D eigenvalue weighted by Crippen LogP contribution is 2.37. The van der Waals surface area contributed by atoms with Crippen molar-refractivity contribution >= 4 is 42.3 Å². The molecule has 0 N–H and O–H groups in total. The van der Waals surface area contributed by atoms with Crippen LogP contribution in [-0.2, 0) is 0 Å². The zero-order valence-electron chi connectivity index (χ0n) is 19.4. The van der Waals surface area contributed by atoms with Gasteiger partial charge in [0.2, 0.25) is 0 Å². The first kappa shape index (κ1) is 21.0. The largest absolute Gasteiger partial charge is 0.207 e. The van der Waals surface area contributed by atoms with Gasteiger partial charge in [-0.25, -0.2) is 4.39 Å². The molecule has 0 aliphatic rings. The SMILES string of the molecule is Fc1cccc(-c2ccc(-c3ccc4cc(-c5ccc6sc7ccccc7c6c5)ccc4c3)cc2)c1. The average Bonchev–Trinajstić information content (AvgIpc) is 3.30. The zero-order valence-corrected chi connectivity index (χ0v) is 20.2. The lowest BCUT2D eigenvalue weighted by Crippen LogP contribution is -1.83. The normalized spacial score (nSPS) is 11.5. The topological polar surface area (TPSA) is 0 Å². The van der Waals surface area contributed by atoms with E-state index in [2.05, 4.69) is 103 Å². The Hall–Kier alpha value is -4.27. The van der Waals surface area contributed by atoms with Gasteiger partial charge < -0.3 is 0 Å². The lowest BCUT2D eigenvalue weighted by atomic mass is 9.96. The summed E-state index contributed by atoms with van der Waals surface area (Å²) in [6.45, 7) is 0. The highest BCUT2D eigenvalue weighted by atomic mass is 32.1. The summed E-state index contributed by atoms with van der Waals surface area (Å²) in [6, 6.07) is 43.8. The molecular weight excluding hydrogens is 459 g/mol. The summed E-state index contributed by atoms with van der Waals surface area (Å²) in [5.74, 6) is -0.214. The highest BCUT2D eigenvalue weighted by Gasteiger charge is 2.08. The predicted molar refractivity (Wildman–Crippen MR) is 153 cm³/mol. The summed E-state index contributed by atoms with van der Waals surface area (Å²) in [6.07, 6.45) is 0. The summed E-state index contributed by atoms with van der Waals surface area (Å²) in [5, 5.41) is 5.09. The molecular formula is C34H21FS. The summed E-state index contributed by atoms with van der Waals surface area (Å²) in [5.41, 5.74) is 6.69. The molecule has 0 nitrogen and oxygen atoms in total. The Morgan fingerprint density at radius 1 is 0.389 bits per heavy atom. The monoisotopic (exact) mass is 480 g/mol. The predicted octanol–water partition coefficient (Wildman–Crippen LogP) is 10.3. The van der Waals surface area contributed by atoms with Gasteiger partial charge in [-0.3, -0.25) is 0 Å². The molecule has 0 radical (unpaired) electrons. The maximum Gasteiger partial charge on any atom is 0.123 e. The first-order valence-electron chi connectivity index (χ1n) is 12.0. The van der Waals surface area contributed by atoms with Crippen molar-refractivity contribution in [1.29, 1.82) is 0 Å². The van der Waals surface area contributed by atoms with E-state index in [9.17, 15) is 4.39 Å². The van der Waals surface area contributed by atoms with E-state index < -0.39 is 0 Å². The molecule has 0 aliphatic heterocycles. The molecule has 0 fully saturated rings. The molecule has 0 bridgehead atoms. The fourth-order valence-electron chi connectivity index (χ4n) is 5.03. The molecule has 170 valence electrons. The molecule has 2 heteroatoms. The molecule has 0 saturated heterocycles. The maximum absolute atomic E-state index is 13.6. The van der Waals surface area contributed by atoms with Gasteiger partial charge in [0.05, 0.1) is 0 Å². The van der Waals surface area contributed by atoms with Gasteiger partial charge in [-0.15, -0.1) is 11.3 Å². The van der Waals surface area contributed by atoms with Gasteiger partial charge in [0.15, 0.2) is 0 Å². The van der Waals surface area contributed by atoms with Gasteiger partial charge in [0, 0.05) is 20.2 Å². The summed E-state index contributed by atoms with van der Waals surface area (Å²) in [7, 11) is 0. The number of rotatable bonds is 3. The van der Waals surface area contributed by atoms with Gasteiger partial charge >= 0.3 is 0 Å². The maximum atomic E-state index is 13.6. The minimum absolute atomic E-state index is 0.214. The minimum atomic E-state index is -0.214. The number of hydrogen-bond donors (Lipinski definition) is 0. The van der Waals surface area contributed by atoms with E-state index in [0.29, 0.717) is 0 Å². The second-order valence-electron chi connectivity index (χ2n) is 9.17. The van der Waals surface area contributed by atoms with Crippen LogP contribution in [0.1, 0.15) is 0 Å².